The first-order valence-corrected chi connectivity index (χ1v) is 5.39. The van der Waals surface area contributed by atoms with Crippen molar-refractivity contribution in [3.05, 3.63) is 11.9 Å². The smallest absolute Gasteiger partial charge is 0.200 e. The number of thioether (sulfide) groups is 1. The zero-order chi connectivity index (χ0) is 8.97. The van der Waals surface area contributed by atoms with Crippen molar-refractivity contribution >= 4 is 17.7 Å². The molecule has 68 valence electrons. The first kappa shape index (κ1) is 9.45. The molecular formula is C8H15N3S. The number of aryl methyl sites for hydroxylation is 1. The molecule has 3 nitrogen and oxygen atoms in total. The number of hydrogen-bond acceptors (Lipinski definition) is 3. The van der Waals surface area contributed by atoms with Gasteiger partial charge in [0.2, 0.25) is 5.95 Å². The van der Waals surface area contributed by atoms with Crippen molar-refractivity contribution in [1.29, 1.82) is 0 Å². The Labute approximate surface area is 77.4 Å². The van der Waals surface area contributed by atoms with E-state index in [-0.39, 0.29) is 0 Å². The fraction of sp³-hybridized carbons (Fsp3) is 0.625. The SMILES string of the molecule is CSCC(C)Nc1ncc(C)[nH]1. The van der Waals surface area contributed by atoms with E-state index < -0.39 is 0 Å². The normalized spacial score (nSPS) is 12.9. The Bertz CT molecular complexity index is 234. The van der Waals surface area contributed by atoms with Crippen molar-refractivity contribution in [2.24, 2.45) is 0 Å². The number of nitrogens with zero attached hydrogens (tertiary/aromatic N) is 1. The lowest BCUT2D eigenvalue weighted by atomic mass is 10.4. The van der Waals surface area contributed by atoms with Crippen LogP contribution in [0.1, 0.15) is 12.6 Å². The summed E-state index contributed by atoms with van der Waals surface area (Å²) in [6, 6.07) is 0.463. The molecular weight excluding hydrogens is 170 g/mol. The van der Waals surface area contributed by atoms with E-state index >= 15 is 0 Å². The largest absolute Gasteiger partial charge is 0.353 e. The van der Waals surface area contributed by atoms with Gasteiger partial charge in [0.1, 0.15) is 0 Å². The van der Waals surface area contributed by atoms with Crippen LogP contribution in [-0.2, 0) is 0 Å². The van der Waals surface area contributed by atoms with Gasteiger partial charge in [-0.1, -0.05) is 0 Å². The van der Waals surface area contributed by atoms with Gasteiger partial charge < -0.3 is 10.3 Å². The Morgan fingerprint density at radius 3 is 3.00 bits per heavy atom. The van der Waals surface area contributed by atoms with Crippen LogP contribution >= 0.6 is 11.8 Å². The van der Waals surface area contributed by atoms with E-state index in [1.54, 1.807) is 0 Å². The van der Waals surface area contributed by atoms with Gasteiger partial charge in [-0.05, 0) is 20.1 Å². The summed E-state index contributed by atoms with van der Waals surface area (Å²) in [6.45, 7) is 4.14. The second kappa shape index (κ2) is 4.40. The van der Waals surface area contributed by atoms with Crippen molar-refractivity contribution in [2.75, 3.05) is 17.3 Å². The second-order valence-corrected chi connectivity index (χ2v) is 3.83. The number of imidazole rings is 1. The average molecular weight is 185 g/mol. The molecule has 0 aliphatic rings. The summed E-state index contributed by atoms with van der Waals surface area (Å²) < 4.78 is 0. The highest BCUT2D eigenvalue weighted by Gasteiger charge is 2.02. The number of H-pyrrole nitrogens is 1. The average Bonchev–Trinajstić information content (AvgIpc) is 2.36. The van der Waals surface area contributed by atoms with Gasteiger partial charge >= 0.3 is 0 Å². The van der Waals surface area contributed by atoms with Crippen LogP contribution < -0.4 is 5.32 Å². The second-order valence-electron chi connectivity index (χ2n) is 2.92. The Hall–Kier alpha value is -0.640. The molecule has 0 saturated heterocycles. The molecule has 0 saturated carbocycles. The van der Waals surface area contributed by atoms with E-state index in [4.69, 9.17) is 0 Å². The summed E-state index contributed by atoms with van der Waals surface area (Å²) in [6.07, 6.45) is 3.93. The number of aromatic amines is 1. The summed E-state index contributed by atoms with van der Waals surface area (Å²) >= 11 is 1.83. The molecule has 1 heterocycles. The van der Waals surface area contributed by atoms with E-state index in [1.807, 2.05) is 24.9 Å². The van der Waals surface area contributed by atoms with E-state index in [0.29, 0.717) is 6.04 Å². The van der Waals surface area contributed by atoms with Crippen LogP contribution in [0.2, 0.25) is 0 Å². The molecule has 0 aromatic carbocycles. The molecule has 2 N–H and O–H groups in total. The maximum Gasteiger partial charge on any atom is 0.200 e. The summed E-state index contributed by atoms with van der Waals surface area (Å²) in [4.78, 5) is 7.30. The first-order valence-electron chi connectivity index (χ1n) is 3.99. The van der Waals surface area contributed by atoms with Crippen LogP contribution in [0.3, 0.4) is 0 Å². The fourth-order valence-electron chi connectivity index (χ4n) is 1.01. The fourth-order valence-corrected chi connectivity index (χ4v) is 1.59. The van der Waals surface area contributed by atoms with Crippen molar-refractivity contribution in [3.63, 3.8) is 0 Å². The number of nitrogens with one attached hydrogen (secondary N) is 2. The van der Waals surface area contributed by atoms with Crippen LogP contribution in [0.4, 0.5) is 5.95 Å². The standard InChI is InChI=1S/C8H15N3S/c1-6-4-9-8(10-6)11-7(2)5-12-3/h4,7H,5H2,1-3H3,(H2,9,10,11). The molecule has 0 fully saturated rings. The summed E-state index contributed by atoms with van der Waals surface area (Å²) in [7, 11) is 0. The summed E-state index contributed by atoms with van der Waals surface area (Å²) in [5.41, 5.74) is 1.09. The molecule has 0 aliphatic heterocycles. The van der Waals surface area contributed by atoms with E-state index in [0.717, 1.165) is 17.4 Å². The molecule has 0 aliphatic carbocycles. The number of rotatable bonds is 4. The maximum absolute atomic E-state index is 4.16. The highest BCUT2D eigenvalue weighted by atomic mass is 32.2. The maximum atomic E-state index is 4.16. The molecule has 0 radical (unpaired) electrons. The van der Waals surface area contributed by atoms with Crippen molar-refractivity contribution < 1.29 is 0 Å². The van der Waals surface area contributed by atoms with Crippen LogP contribution in [0, 0.1) is 6.92 Å². The third-order valence-electron chi connectivity index (χ3n) is 1.50. The van der Waals surface area contributed by atoms with Gasteiger partial charge in [0, 0.05) is 23.7 Å². The predicted octanol–water partition coefficient (Wildman–Crippen LogP) is 1.88. The minimum absolute atomic E-state index is 0.463. The topological polar surface area (TPSA) is 40.7 Å². The van der Waals surface area contributed by atoms with Gasteiger partial charge in [-0.15, -0.1) is 0 Å². The number of anilines is 1. The monoisotopic (exact) mass is 185 g/mol. The third-order valence-corrected chi connectivity index (χ3v) is 2.34. The minimum Gasteiger partial charge on any atom is -0.353 e. The zero-order valence-corrected chi connectivity index (χ0v) is 8.53. The lowest BCUT2D eigenvalue weighted by Crippen LogP contribution is -2.18. The lowest BCUT2D eigenvalue weighted by Gasteiger charge is -2.10. The Balaban J connectivity index is 2.41. The summed E-state index contributed by atoms with van der Waals surface area (Å²) in [5, 5.41) is 3.28. The highest BCUT2D eigenvalue weighted by Crippen LogP contribution is 2.05. The van der Waals surface area contributed by atoms with Crippen LogP contribution in [-0.4, -0.2) is 28.0 Å². The lowest BCUT2D eigenvalue weighted by molar-refractivity contribution is 0.894. The van der Waals surface area contributed by atoms with Crippen LogP contribution in [0.25, 0.3) is 0 Å². The van der Waals surface area contributed by atoms with Gasteiger partial charge in [0.15, 0.2) is 0 Å². The van der Waals surface area contributed by atoms with Gasteiger partial charge in [-0.2, -0.15) is 11.8 Å². The Morgan fingerprint density at radius 1 is 1.75 bits per heavy atom. The molecule has 12 heavy (non-hydrogen) atoms. The van der Waals surface area contributed by atoms with Gasteiger partial charge in [-0.25, -0.2) is 4.98 Å². The van der Waals surface area contributed by atoms with E-state index in [1.165, 1.54) is 0 Å². The Kier molecular flexibility index (Phi) is 3.47. The quantitative estimate of drug-likeness (QED) is 0.752. The van der Waals surface area contributed by atoms with Crippen LogP contribution in [0.5, 0.6) is 0 Å². The van der Waals surface area contributed by atoms with Crippen molar-refractivity contribution in [3.8, 4) is 0 Å². The predicted molar refractivity (Wildman–Crippen MR) is 54.8 cm³/mol. The zero-order valence-electron chi connectivity index (χ0n) is 7.72. The Morgan fingerprint density at radius 2 is 2.50 bits per heavy atom. The molecule has 0 amide bonds. The van der Waals surface area contributed by atoms with E-state index in [9.17, 15) is 0 Å². The summed E-state index contributed by atoms with van der Waals surface area (Å²) in [5.74, 6) is 1.97. The molecule has 1 aromatic heterocycles. The highest BCUT2D eigenvalue weighted by molar-refractivity contribution is 7.98. The third kappa shape index (κ3) is 2.77. The van der Waals surface area contributed by atoms with Gasteiger partial charge in [-0.3, -0.25) is 0 Å². The van der Waals surface area contributed by atoms with Crippen molar-refractivity contribution in [1.82, 2.24) is 9.97 Å². The number of aromatic nitrogens is 2. The van der Waals surface area contributed by atoms with Gasteiger partial charge in [0.05, 0.1) is 0 Å². The molecule has 4 heteroatoms. The number of hydrogen-bond donors (Lipinski definition) is 2. The molecule has 0 spiro atoms. The molecule has 1 rings (SSSR count). The van der Waals surface area contributed by atoms with Crippen molar-refractivity contribution in [2.45, 2.75) is 19.9 Å². The molecule has 1 atom stereocenters. The first-order chi connectivity index (χ1) is 5.72. The minimum atomic E-state index is 0.463. The van der Waals surface area contributed by atoms with Crippen LogP contribution in [0.15, 0.2) is 6.20 Å². The van der Waals surface area contributed by atoms with Gasteiger partial charge in [0.25, 0.3) is 0 Å². The molecule has 0 bridgehead atoms. The van der Waals surface area contributed by atoms with E-state index in [2.05, 4.69) is 28.5 Å². The molecule has 1 aromatic rings. The molecule has 1 unspecified atom stereocenters.